The summed E-state index contributed by atoms with van der Waals surface area (Å²) in [5.41, 5.74) is 1.49. The number of carbonyl (C=O) groups excluding carboxylic acids is 1. The molecule has 0 aliphatic carbocycles. The van der Waals surface area contributed by atoms with E-state index in [4.69, 9.17) is 4.74 Å². The predicted octanol–water partition coefficient (Wildman–Crippen LogP) is 2.45. The molecular formula is C20H28N4O4S. The smallest absolute Gasteiger partial charge is 0.271 e. The maximum atomic E-state index is 12.9. The molecule has 2 unspecified atom stereocenters. The minimum Gasteiger partial charge on any atom is -0.495 e. The van der Waals surface area contributed by atoms with Crippen LogP contribution in [0.4, 0.5) is 0 Å². The predicted molar refractivity (Wildman–Crippen MR) is 110 cm³/mol. The average molecular weight is 421 g/mol. The molecule has 0 spiro atoms. The molecule has 8 nitrogen and oxygen atoms in total. The van der Waals surface area contributed by atoms with Gasteiger partial charge in [0.25, 0.3) is 5.91 Å². The van der Waals surface area contributed by atoms with Crippen LogP contribution in [0.5, 0.6) is 5.75 Å². The number of amides is 1. The molecular weight excluding hydrogens is 392 g/mol. The van der Waals surface area contributed by atoms with E-state index >= 15 is 0 Å². The second kappa shape index (κ2) is 8.16. The van der Waals surface area contributed by atoms with Crippen LogP contribution in [0.15, 0.2) is 29.2 Å². The van der Waals surface area contributed by atoms with Gasteiger partial charge in [0.15, 0.2) is 0 Å². The number of ether oxygens (including phenoxy) is 1. The Morgan fingerprint density at radius 1 is 1.21 bits per heavy atom. The highest BCUT2D eigenvalue weighted by Gasteiger charge is 2.28. The average Bonchev–Trinajstić information content (AvgIpc) is 3.16. The third-order valence-electron chi connectivity index (χ3n) is 5.18. The zero-order valence-corrected chi connectivity index (χ0v) is 18.3. The number of carbonyl (C=O) groups is 1. The fourth-order valence-electron chi connectivity index (χ4n) is 3.81. The van der Waals surface area contributed by atoms with E-state index in [1.54, 1.807) is 18.2 Å². The standard InChI is InChI=1S/C20H28N4O4S/c1-13-8-14(2)12-24(11-13)20(25)17-10-16(21-22-17)15-6-7-18(28-5)19(9-15)29(26,27)23(3)4/h6-7,9-10,13-14H,8,11-12H2,1-5H3,(H,21,22). The molecule has 0 saturated carbocycles. The van der Waals surface area contributed by atoms with Gasteiger partial charge in [-0.25, -0.2) is 12.7 Å². The van der Waals surface area contributed by atoms with Crippen molar-refractivity contribution in [2.24, 2.45) is 11.8 Å². The maximum absolute atomic E-state index is 12.9. The third kappa shape index (κ3) is 4.30. The zero-order valence-electron chi connectivity index (χ0n) is 17.5. The monoisotopic (exact) mass is 420 g/mol. The molecule has 29 heavy (non-hydrogen) atoms. The first-order valence-electron chi connectivity index (χ1n) is 9.59. The summed E-state index contributed by atoms with van der Waals surface area (Å²) in [4.78, 5) is 14.8. The molecule has 3 rings (SSSR count). The summed E-state index contributed by atoms with van der Waals surface area (Å²) in [5, 5.41) is 7.05. The molecule has 9 heteroatoms. The van der Waals surface area contributed by atoms with Gasteiger partial charge in [0.1, 0.15) is 16.3 Å². The number of likely N-dealkylation sites (tertiary alicyclic amines) is 1. The summed E-state index contributed by atoms with van der Waals surface area (Å²) in [5.74, 6) is 1.10. The molecule has 0 radical (unpaired) electrons. The quantitative estimate of drug-likeness (QED) is 0.802. The van der Waals surface area contributed by atoms with Gasteiger partial charge in [-0.1, -0.05) is 13.8 Å². The van der Waals surface area contributed by atoms with Crippen LogP contribution in [0.25, 0.3) is 11.3 Å². The fourth-order valence-corrected chi connectivity index (χ4v) is 4.89. The summed E-state index contributed by atoms with van der Waals surface area (Å²) in [6, 6.07) is 6.50. The van der Waals surface area contributed by atoms with E-state index in [1.165, 1.54) is 27.3 Å². The minimum atomic E-state index is -3.69. The third-order valence-corrected chi connectivity index (χ3v) is 7.02. The highest BCUT2D eigenvalue weighted by Crippen LogP contribution is 2.31. The van der Waals surface area contributed by atoms with Crippen LogP contribution < -0.4 is 4.74 Å². The van der Waals surface area contributed by atoms with Crippen LogP contribution in [0, 0.1) is 11.8 Å². The number of benzene rings is 1. The van der Waals surface area contributed by atoms with E-state index in [0.29, 0.717) is 28.8 Å². The number of methoxy groups -OCH3 is 1. The summed E-state index contributed by atoms with van der Waals surface area (Å²) in [7, 11) is 0.664. The summed E-state index contributed by atoms with van der Waals surface area (Å²) < 4.78 is 31.6. The molecule has 1 aromatic carbocycles. The molecule has 2 heterocycles. The lowest BCUT2D eigenvalue weighted by Crippen LogP contribution is -2.42. The van der Waals surface area contributed by atoms with Crippen molar-refractivity contribution < 1.29 is 17.9 Å². The van der Waals surface area contributed by atoms with Crippen LogP contribution in [0.3, 0.4) is 0 Å². The zero-order chi connectivity index (χ0) is 21.3. The number of hydrogen-bond donors (Lipinski definition) is 1. The molecule has 1 aromatic heterocycles. The summed E-state index contributed by atoms with van der Waals surface area (Å²) in [6.07, 6.45) is 1.12. The van der Waals surface area contributed by atoms with Crippen LogP contribution in [-0.4, -0.2) is 68.0 Å². The Morgan fingerprint density at radius 3 is 2.45 bits per heavy atom. The number of rotatable bonds is 5. The van der Waals surface area contributed by atoms with Gasteiger partial charge >= 0.3 is 0 Å². The van der Waals surface area contributed by atoms with Crippen molar-refractivity contribution in [3.05, 3.63) is 30.0 Å². The van der Waals surface area contributed by atoms with Gasteiger partial charge < -0.3 is 9.64 Å². The van der Waals surface area contributed by atoms with Gasteiger partial charge in [-0.2, -0.15) is 5.10 Å². The Hall–Kier alpha value is -2.39. The number of nitrogens with zero attached hydrogens (tertiary/aromatic N) is 3. The number of hydrogen-bond acceptors (Lipinski definition) is 5. The van der Waals surface area contributed by atoms with Gasteiger partial charge in [-0.3, -0.25) is 9.89 Å². The molecule has 2 atom stereocenters. The Balaban J connectivity index is 1.92. The highest BCUT2D eigenvalue weighted by atomic mass is 32.2. The normalized spacial score (nSPS) is 20.1. The lowest BCUT2D eigenvalue weighted by molar-refractivity contribution is 0.0617. The first-order chi connectivity index (χ1) is 13.6. The van der Waals surface area contributed by atoms with Crippen molar-refractivity contribution >= 4 is 15.9 Å². The molecule has 1 amide bonds. The van der Waals surface area contributed by atoms with Crippen LogP contribution >= 0.6 is 0 Å². The second-order valence-electron chi connectivity index (χ2n) is 7.98. The van der Waals surface area contributed by atoms with Crippen LogP contribution in [-0.2, 0) is 10.0 Å². The molecule has 1 fully saturated rings. The number of H-pyrrole nitrogens is 1. The lowest BCUT2D eigenvalue weighted by atomic mass is 9.92. The van der Waals surface area contributed by atoms with E-state index < -0.39 is 10.0 Å². The topological polar surface area (TPSA) is 95.6 Å². The van der Waals surface area contributed by atoms with Crippen molar-refractivity contribution in [3.63, 3.8) is 0 Å². The van der Waals surface area contributed by atoms with Gasteiger partial charge in [0.2, 0.25) is 10.0 Å². The second-order valence-corrected chi connectivity index (χ2v) is 10.1. The number of aromatic amines is 1. The highest BCUT2D eigenvalue weighted by molar-refractivity contribution is 7.89. The van der Waals surface area contributed by atoms with Crippen molar-refractivity contribution in [1.29, 1.82) is 0 Å². The number of sulfonamides is 1. The summed E-state index contributed by atoms with van der Waals surface area (Å²) >= 11 is 0. The fraction of sp³-hybridized carbons (Fsp3) is 0.500. The first-order valence-corrected chi connectivity index (χ1v) is 11.0. The number of piperidine rings is 1. The first kappa shape index (κ1) is 21.3. The molecule has 1 saturated heterocycles. The molecule has 1 aliphatic rings. The molecule has 1 aliphatic heterocycles. The molecule has 158 valence electrons. The van der Waals surface area contributed by atoms with Crippen molar-refractivity contribution in [2.75, 3.05) is 34.3 Å². The van der Waals surface area contributed by atoms with E-state index in [1.807, 2.05) is 4.90 Å². The minimum absolute atomic E-state index is 0.0528. The molecule has 0 bridgehead atoms. The Bertz CT molecular complexity index is 990. The van der Waals surface area contributed by atoms with Crippen molar-refractivity contribution in [2.45, 2.75) is 25.2 Å². The van der Waals surface area contributed by atoms with E-state index in [2.05, 4.69) is 24.0 Å². The Kier molecular flexibility index (Phi) is 6.00. The van der Waals surface area contributed by atoms with Gasteiger partial charge in [-0.15, -0.1) is 0 Å². The number of aromatic nitrogens is 2. The van der Waals surface area contributed by atoms with Gasteiger partial charge in [0.05, 0.1) is 12.8 Å². The van der Waals surface area contributed by atoms with E-state index in [-0.39, 0.29) is 16.6 Å². The van der Waals surface area contributed by atoms with Gasteiger partial charge in [-0.05, 0) is 42.5 Å². The SMILES string of the molecule is COc1ccc(-c2cc(C(=O)N3CC(C)CC(C)C3)[nH]n2)cc1S(=O)(=O)N(C)C. The molecule has 1 N–H and O–H groups in total. The van der Waals surface area contributed by atoms with Crippen molar-refractivity contribution in [3.8, 4) is 17.0 Å². The summed E-state index contributed by atoms with van der Waals surface area (Å²) in [6.45, 7) is 5.76. The largest absolute Gasteiger partial charge is 0.495 e. The van der Waals surface area contributed by atoms with Crippen LogP contribution in [0.1, 0.15) is 30.8 Å². The van der Waals surface area contributed by atoms with E-state index in [0.717, 1.165) is 23.8 Å². The lowest BCUT2D eigenvalue weighted by Gasteiger charge is -2.34. The maximum Gasteiger partial charge on any atom is 0.271 e. The Labute approximate surface area is 171 Å². The number of nitrogens with one attached hydrogen (secondary N) is 1. The van der Waals surface area contributed by atoms with Crippen molar-refractivity contribution in [1.82, 2.24) is 19.4 Å². The van der Waals surface area contributed by atoms with Crippen LogP contribution in [0.2, 0.25) is 0 Å². The Morgan fingerprint density at radius 2 is 1.86 bits per heavy atom. The molecule has 2 aromatic rings. The van der Waals surface area contributed by atoms with E-state index in [9.17, 15) is 13.2 Å². The van der Waals surface area contributed by atoms with Gasteiger partial charge in [0, 0.05) is 32.7 Å².